The minimum absolute atomic E-state index is 0.0125. The van der Waals surface area contributed by atoms with E-state index in [1.807, 2.05) is 12.1 Å². The van der Waals surface area contributed by atoms with Crippen molar-refractivity contribution in [1.82, 2.24) is 9.55 Å². The van der Waals surface area contributed by atoms with Gasteiger partial charge in [0.15, 0.2) is 11.5 Å². The van der Waals surface area contributed by atoms with E-state index < -0.39 is 5.69 Å². The molecular formula is C21H19FN2O4. The number of rotatable bonds is 5. The van der Waals surface area contributed by atoms with Crippen LogP contribution in [0.2, 0.25) is 0 Å². The van der Waals surface area contributed by atoms with Crippen molar-refractivity contribution in [3.8, 4) is 28.6 Å². The standard InChI is InChI=1S/C21H19FN2O4/c1-26-18-9-13-7-8-24-17(15(13)10-19(18)27-2)11-20(23-21(24)25)28-12-14-5-3-4-6-16(14)22/h3-6,9-11H,7-8,12H2,1-2H3. The average molecular weight is 382 g/mol. The number of benzene rings is 2. The molecule has 1 aliphatic heterocycles. The summed E-state index contributed by atoms with van der Waals surface area (Å²) in [5.74, 6) is 1.01. The van der Waals surface area contributed by atoms with Crippen LogP contribution in [0.1, 0.15) is 11.1 Å². The lowest BCUT2D eigenvalue weighted by atomic mass is 9.97. The quantitative estimate of drug-likeness (QED) is 0.678. The van der Waals surface area contributed by atoms with Crippen molar-refractivity contribution in [3.05, 3.63) is 69.9 Å². The van der Waals surface area contributed by atoms with Gasteiger partial charge < -0.3 is 14.2 Å². The summed E-state index contributed by atoms with van der Waals surface area (Å²) in [7, 11) is 3.15. The normalized spacial score (nSPS) is 12.1. The molecule has 0 atom stereocenters. The monoisotopic (exact) mass is 382 g/mol. The Morgan fingerprint density at radius 2 is 1.86 bits per heavy atom. The average Bonchev–Trinajstić information content (AvgIpc) is 2.72. The van der Waals surface area contributed by atoms with E-state index in [0.29, 0.717) is 35.7 Å². The number of halogens is 1. The van der Waals surface area contributed by atoms with E-state index in [4.69, 9.17) is 14.2 Å². The Balaban J connectivity index is 1.73. The number of hydrogen-bond donors (Lipinski definition) is 0. The number of aryl methyl sites for hydroxylation is 1. The summed E-state index contributed by atoms with van der Waals surface area (Å²) in [6.07, 6.45) is 0.680. The Morgan fingerprint density at radius 1 is 1.11 bits per heavy atom. The van der Waals surface area contributed by atoms with Crippen LogP contribution < -0.4 is 19.9 Å². The Bertz CT molecular complexity index is 1090. The molecule has 0 radical (unpaired) electrons. The molecule has 6 nitrogen and oxygen atoms in total. The third kappa shape index (κ3) is 3.19. The molecular weight excluding hydrogens is 363 g/mol. The maximum atomic E-state index is 13.8. The van der Waals surface area contributed by atoms with Crippen LogP contribution in [0.3, 0.4) is 0 Å². The Kier molecular flexibility index (Phi) is 4.73. The fourth-order valence-corrected chi connectivity index (χ4v) is 3.36. The maximum Gasteiger partial charge on any atom is 0.351 e. The van der Waals surface area contributed by atoms with Gasteiger partial charge in [-0.15, -0.1) is 0 Å². The Labute approximate surface area is 161 Å². The first kappa shape index (κ1) is 18.0. The zero-order valence-electron chi connectivity index (χ0n) is 15.6. The summed E-state index contributed by atoms with van der Waals surface area (Å²) in [6, 6.07) is 11.8. The van der Waals surface area contributed by atoms with Crippen LogP contribution in [0.4, 0.5) is 4.39 Å². The van der Waals surface area contributed by atoms with Gasteiger partial charge in [-0.2, -0.15) is 4.98 Å². The van der Waals surface area contributed by atoms with E-state index in [-0.39, 0.29) is 18.3 Å². The molecule has 0 aliphatic carbocycles. The molecule has 144 valence electrons. The van der Waals surface area contributed by atoms with Crippen molar-refractivity contribution < 1.29 is 18.6 Å². The van der Waals surface area contributed by atoms with Crippen molar-refractivity contribution in [2.24, 2.45) is 0 Å². The highest BCUT2D eigenvalue weighted by atomic mass is 19.1. The van der Waals surface area contributed by atoms with E-state index in [9.17, 15) is 9.18 Å². The lowest BCUT2D eigenvalue weighted by molar-refractivity contribution is 0.285. The third-order valence-corrected chi connectivity index (χ3v) is 4.81. The number of nitrogens with zero attached hydrogens (tertiary/aromatic N) is 2. The van der Waals surface area contributed by atoms with Gasteiger partial charge in [0.25, 0.3) is 0 Å². The molecule has 0 spiro atoms. The summed E-state index contributed by atoms with van der Waals surface area (Å²) in [5.41, 5.74) is 2.59. The molecule has 2 aromatic carbocycles. The maximum absolute atomic E-state index is 13.8. The van der Waals surface area contributed by atoms with E-state index in [2.05, 4.69) is 4.98 Å². The zero-order chi connectivity index (χ0) is 19.7. The molecule has 0 bridgehead atoms. The highest BCUT2D eigenvalue weighted by Gasteiger charge is 2.22. The number of fused-ring (bicyclic) bond motifs is 3. The molecule has 2 heterocycles. The van der Waals surface area contributed by atoms with E-state index in [1.165, 1.54) is 6.07 Å². The Morgan fingerprint density at radius 3 is 2.61 bits per heavy atom. The number of ether oxygens (including phenoxy) is 3. The van der Waals surface area contributed by atoms with E-state index in [0.717, 1.165) is 11.1 Å². The van der Waals surface area contributed by atoms with Crippen LogP contribution in [-0.2, 0) is 19.6 Å². The molecule has 7 heteroatoms. The first-order chi connectivity index (χ1) is 13.6. The van der Waals surface area contributed by atoms with Crippen molar-refractivity contribution in [2.45, 2.75) is 19.6 Å². The van der Waals surface area contributed by atoms with Gasteiger partial charge in [-0.3, -0.25) is 4.57 Å². The minimum Gasteiger partial charge on any atom is -0.493 e. The molecule has 0 fully saturated rings. The van der Waals surface area contributed by atoms with Crippen molar-refractivity contribution in [1.29, 1.82) is 0 Å². The molecule has 4 rings (SSSR count). The van der Waals surface area contributed by atoms with Gasteiger partial charge in [-0.05, 0) is 30.2 Å². The fraction of sp³-hybridized carbons (Fsp3) is 0.238. The van der Waals surface area contributed by atoms with Crippen LogP contribution in [0.25, 0.3) is 11.3 Å². The number of aromatic nitrogens is 2. The first-order valence-electron chi connectivity index (χ1n) is 8.84. The van der Waals surface area contributed by atoms with Gasteiger partial charge in [0, 0.05) is 23.7 Å². The van der Waals surface area contributed by atoms with Gasteiger partial charge >= 0.3 is 5.69 Å². The molecule has 28 heavy (non-hydrogen) atoms. The van der Waals surface area contributed by atoms with E-state index >= 15 is 0 Å². The molecule has 1 aliphatic rings. The summed E-state index contributed by atoms with van der Waals surface area (Å²) in [6.45, 7) is 0.499. The second-order valence-electron chi connectivity index (χ2n) is 6.41. The van der Waals surface area contributed by atoms with Crippen LogP contribution in [0.5, 0.6) is 17.4 Å². The predicted molar refractivity (Wildman–Crippen MR) is 101 cm³/mol. The lowest BCUT2D eigenvalue weighted by Gasteiger charge is -2.23. The van der Waals surface area contributed by atoms with Gasteiger partial charge in [0.05, 0.1) is 19.9 Å². The van der Waals surface area contributed by atoms with Gasteiger partial charge in [0.1, 0.15) is 12.4 Å². The SMILES string of the molecule is COc1cc2c(cc1OC)-c1cc(OCc3ccccc3F)nc(=O)n1CC2. The summed E-state index contributed by atoms with van der Waals surface area (Å²) >= 11 is 0. The molecule has 0 amide bonds. The van der Waals surface area contributed by atoms with E-state index in [1.54, 1.807) is 43.1 Å². The van der Waals surface area contributed by atoms with Gasteiger partial charge in [-0.1, -0.05) is 18.2 Å². The lowest BCUT2D eigenvalue weighted by Crippen LogP contribution is -2.28. The Hall–Kier alpha value is -3.35. The van der Waals surface area contributed by atoms with Crippen molar-refractivity contribution in [2.75, 3.05) is 14.2 Å². The predicted octanol–water partition coefficient (Wildman–Crippen LogP) is 3.20. The molecule has 3 aromatic rings. The molecule has 0 unspecified atom stereocenters. The largest absolute Gasteiger partial charge is 0.493 e. The second-order valence-corrected chi connectivity index (χ2v) is 6.41. The van der Waals surface area contributed by atoms with Crippen LogP contribution in [-0.4, -0.2) is 23.8 Å². The molecule has 0 saturated heterocycles. The summed E-state index contributed by atoms with van der Waals surface area (Å²) < 4.78 is 31.8. The number of methoxy groups -OCH3 is 2. The van der Waals surface area contributed by atoms with Gasteiger partial charge in [0.2, 0.25) is 5.88 Å². The molecule has 1 aromatic heterocycles. The highest BCUT2D eigenvalue weighted by molar-refractivity contribution is 5.70. The molecule has 0 N–H and O–H groups in total. The third-order valence-electron chi connectivity index (χ3n) is 4.81. The van der Waals surface area contributed by atoms with Crippen molar-refractivity contribution in [3.63, 3.8) is 0 Å². The topological polar surface area (TPSA) is 62.6 Å². The fourth-order valence-electron chi connectivity index (χ4n) is 3.36. The minimum atomic E-state index is -0.401. The van der Waals surface area contributed by atoms with Crippen LogP contribution >= 0.6 is 0 Å². The second kappa shape index (κ2) is 7.34. The van der Waals surface area contributed by atoms with Crippen LogP contribution in [0, 0.1) is 5.82 Å². The zero-order valence-corrected chi connectivity index (χ0v) is 15.6. The smallest absolute Gasteiger partial charge is 0.351 e. The van der Waals surface area contributed by atoms with Crippen LogP contribution in [0.15, 0.2) is 47.3 Å². The molecule has 0 saturated carbocycles. The van der Waals surface area contributed by atoms with Gasteiger partial charge in [-0.25, -0.2) is 9.18 Å². The summed E-state index contributed by atoms with van der Waals surface area (Å²) in [4.78, 5) is 16.5. The number of hydrogen-bond acceptors (Lipinski definition) is 5. The van der Waals surface area contributed by atoms with Crippen molar-refractivity contribution >= 4 is 0 Å². The summed E-state index contributed by atoms with van der Waals surface area (Å²) in [5, 5.41) is 0. The first-order valence-corrected chi connectivity index (χ1v) is 8.84. The highest BCUT2D eigenvalue weighted by Crippen LogP contribution is 2.38.